The quantitative estimate of drug-likeness (QED) is 0.882. The monoisotopic (exact) mass is 274 g/mol. The number of nitrogens with one attached hydrogen (secondary N) is 1. The molecular weight excluding hydrogens is 244 g/mol. The SMILES string of the molecule is CCC1(CC)CN(CC(C)c2ccccc2)C(C)CN1. The number of hydrogen-bond donors (Lipinski definition) is 1. The summed E-state index contributed by atoms with van der Waals surface area (Å²) in [6, 6.07) is 11.5. The van der Waals surface area contributed by atoms with Crippen LogP contribution < -0.4 is 5.32 Å². The third-order valence-electron chi connectivity index (χ3n) is 5.13. The second kappa shape index (κ2) is 6.73. The lowest BCUT2D eigenvalue weighted by Crippen LogP contribution is -2.63. The standard InChI is InChI=1S/C18H30N2/c1-5-18(6-2)14-20(16(4)12-19-18)13-15(3)17-10-8-7-9-11-17/h7-11,15-16,19H,5-6,12-14H2,1-4H3. The summed E-state index contributed by atoms with van der Waals surface area (Å²) in [5.41, 5.74) is 1.78. The smallest absolute Gasteiger partial charge is 0.0304 e. The van der Waals surface area contributed by atoms with Crippen molar-refractivity contribution in [1.82, 2.24) is 10.2 Å². The minimum atomic E-state index is 0.322. The Kier molecular flexibility index (Phi) is 5.22. The van der Waals surface area contributed by atoms with E-state index in [1.807, 2.05) is 0 Å². The van der Waals surface area contributed by atoms with Gasteiger partial charge in [-0.1, -0.05) is 51.1 Å². The molecule has 20 heavy (non-hydrogen) atoms. The Labute approximate surface area is 124 Å². The van der Waals surface area contributed by atoms with Crippen LogP contribution in [0.4, 0.5) is 0 Å². The molecule has 2 rings (SSSR count). The lowest BCUT2D eigenvalue weighted by molar-refractivity contribution is 0.0766. The fraction of sp³-hybridized carbons (Fsp3) is 0.667. The van der Waals surface area contributed by atoms with Crippen LogP contribution in [0.2, 0.25) is 0 Å². The molecule has 1 fully saturated rings. The predicted octanol–water partition coefficient (Wildman–Crippen LogP) is 3.64. The van der Waals surface area contributed by atoms with Gasteiger partial charge in [-0.05, 0) is 31.2 Å². The first-order chi connectivity index (χ1) is 9.60. The van der Waals surface area contributed by atoms with Crippen LogP contribution in [0.5, 0.6) is 0 Å². The van der Waals surface area contributed by atoms with Crippen LogP contribution in [0.25, 0.3) is 0 Å². The molecule has 1 heterocycles. The van der Waals surface area contributed by atoms with E-state index in [0.717, 1.165) is 13.1 Å². The third kappa shape index (κ3) is 3.42. The molecule has 1 aromatic rings. The third-order valence-corrected chi connectivity index (χ3v) is 5.13. The van der Waals surface area contributed by atoms with Gasteiger partial charge in [-0.15, -0.1) is 0 Å². The first-order valence-corrected chi connectivity index (χ1v) is 8.14. The van der Waals surface area contributed by atoms with Crippen molar-refractivity contribution in [2.24, 2.45) is 0 Å². The summed E-state index contributed by atoms with van der Waals surface area (Å²) in [6.07, 6.45) is 2.43. The zero-order valence-corrected chi connectivity index (χ0v) is 13.5. The Morgan fingerprint density at radius 3 is 2.50 bits per heavy atom. The van der Waals surface area contributed by atoms with Gasteiger partial charge in [0.1, 0.15) is 0 Å². The summed E-state index contributed by atoms with van der Waals surface area (Å²) in [7, 11) is 0. The Morgan fingerprint density at radius 1 is 1.25 bits per heavy atom. The fourth-order valence-corrected chi connectivity index (χ4v) is 3.30. The molecule has 0 bridgehead atoms. The molecule has 1 aliphatic rings. The highest BCUT2D eigenvalue weighted by atomic mass is 15.2. The molecule has 112 valence electrons. The Morgan fingerprint density at radius 2 is 1.90 bits per heavy atom. The maximum Gasteiger partial charge on any atom is 0.0304 e. The molecule has 2 heteroatoms. The van der Waals surface area contributed by atoms with E-state index in [4.69, 9.17) is 0 Å². The molecule has 2 nitrogen and oxygen atoms in total. The molecular formula is C18H30N2. The topological polar surface area (TPSA) is 15.3 Å². The molecule has 0 radical (unpaired) electrons. The first kappa shape index (κ1) is 15.5. The van der Waals surface area contributed by atoms with Crippen LogP contribution in [0.1, 0.15) is 52.0 Å². The zero-order valence-electron chi connectivity index (χ0n) is 13.5. The maximum atomic E-state index is 3.78. The van der Waals surface area contributed by atoms with Crippen molar-refractivity contribution in [3.8, 4) is 0 Å². The van der Waals surface area contributed by atoms with E-state index in [-0.39, 0.29) is 0 Å². The fourth-order valence-electron chi connectivity index (χ4n) is 3.30. The van der Waals surface area contributed by atoms with E-state index in [0.29, 0.717) is 17.5 Å². The second-order valence-corrected chi connectivity index (χ2v) is 6.46. The lowest BCUT2D eigenvalue weighted by atomic mass is 9.88. The highest BCUT2D eigenvalue weighted by molar-refractivity contribution is 5.19. The number of nitrogens with zero attached hydrogens (tertiary/aromatic N) is 1. The van der Waals surface area contributed by atoms with E-state index in [9.17, 15) is 0 Å². The van der Waals surface area contributed by atoms with E-state index >= 15 is 0 Å². The molecule has 1 aliphatic heterocycles. The molecule has 2 atom stereocenters. The number of benzene rings is 1. The lowest BCUT2D eigenvalue weighted by Gasteiger charge is -2.47. The van der Waals surface area contributed by atoms with Gasteiger partial charge in [0, 0.05) is 31.2 Å². The summed E-state index contributed by atoms with van der Waals surface area (Å²) >= 11 is 0. The van der Waals surface area contributed by atoms with Gasteiger partial charge in [-0.25, -0.2) is 0 Å². The van der Waals surface area contributed by atoms with Gasteiger partial charge in [0.05, 0.1) is 0 Å². The molecule has 1 aromatic carbocycles. The van der Waals surface area contributed by atoms with Gasteiger partial charge < -0.3 is 5.32 Å². The van der Waals surface area contributed by atoms with E-state index in [2.05, 4.69) is 68.2 Å². The first-order valence-electron chi connectivity index (χ1n) is 8.14. The average Bonchev–Trinajstić information content (AvgIpc) is 2.50. The predicted molar refractivity (Wildman–Crippen MR) is 87.2 cm³/mol. The van der Waals surface area contributed by atoms with Gasteiger partial charge in [0.25, 0.3) is 0 Å². The highest BCUT2D eigenvalue weighted by Gasteiger charge is 2.35. The van der Waals surface area contributed by atoms with Crippen LogP contribution in [-0.2, 0) is 0 Å². The molecule has 1 N–H and O–H groups in total. The zero-order chi connectivity index (χ0) is 14.6. The number of piperazine rings is 1. The van der Waals surface area contributed by atoms with E-state index in [1.165, 1.54) is 24.9 Å². The summed E-state index contributed by atoms with van der Waals surface area (Å²) < 4.78 is 0. The highest BCUT2D eigenvalue weighted by Crippen LogP contribution is 2.25. The van der Waals surface area contributed by atoms with Crippen LogP contribution >= 0.6 is 0 Å². The molecule has 1 saturated heterocycles. The van der Waals surface area contributed by atoms with Crippen molar-refractivity contribution in [1.29, 1.82) is 0 Å². The van der Waals surface area contributed by atoms with Gasteiger partial charge in [0.15, 0.2) is 0 Å². The van der Waals surface area contributed by atoms with Crippen molar-refractivity contribution < 1.29 is 0 Å². The van der Waals surface area contributed by atoms with Gasteiger partial charge in [-0.2, -0.15) is 0 Å². The minimum Gasteiger partial charge on any atom is -0.308 e. The van der Waals surface area contributed by atoms with Gasteiger partial charge in [0.2, 0.25) is 0 Å². The second-order valence-electron chi connectivity index (χ2n) is 6.46. The van der Waals surface area contributed by atoms with Crippen LogP contribution in [0.15, 0.2) is 30.3 Å². The van der Waals surface area contributed by atoms with Gasteiger partial charge >= 0.3 is 0 Å². The number of rotatable bonds is 5. The maximum absolute atomic E-state index is 3.78. The Hall–Kier alpha value is -0.860. The van der Waals surface area contributed by atoms with Crippen LogP contribution in [0.3, 0.4) is 0 Å². The Balaban J connectivity index is 2.03. The normalized spacial score (nSPS) is 24.5. The Bertz CT molecular complexity index is 397. The summed E-state index contributed by atoms with van der Waals surface area (Å²) in [4.78, 5) is 2.68. The molecule has 0 spiro atoms. The summed E-state index contributed by atoms with van der Waals surface area (Å²) in [6.45, 7) is 12.8. The molecule has 0 aromatic heterocycles. The van der Waals surface area contributed by atoms with Crippen molar-refractivity contribution in [2.45, 2.75) is 58.0 Å². The van der Waals surface area contributed by atoms with Crippen LogP contribution in [0, 0.1) is 0 Å². The van der Waals surface area contributed by atoms with E-state index < -0.39 is 0 Å². The van der Waals surface area contributed by atoms with Crippen molar-refractivity contribution in [3.05, 3.63) is 35.9 Å². The molecule has 0 saturated carbocycles. The number of hydrogen-bond acceptors (Lipinski definition) is 2. The van der Waals surface area contributed by atoms with Crippen LogP contribution in [-0.4, -0.2) is 36.1 Å². The largest absolute Gasteiger partial charge is 0.308 e. The molecule has 0 aliphatic carbocycles. The summed E-state index contributed by atoms with van der Waals surface area (Å²) in [5.74, 6) is 0.600. The minimum absolute atomic E-state index is 0.322. The summed E-state index contributed by atoms with van der Waals surface area (Å²) in [5, 5.41) is 3.78. The average molecular weight is 274 g/mol. The molecule has 2 unspecified atom stereocenters. The molecule has 0 amide bonds. The van der Waals surface area contributed by atoms with Crippen molar-refractivity contribution in [3.63, 3.8) is 0 Å². The van der Waals surface area contributed by atoms with Gasteiger partial charge in [-0.3, -0.25) is 4.90 Å². The van der Waals surface area contributed by atoms with Crippen molar-refractivity contribution >= 4 is 0 Å². The van der Waals surface area contributed by atoms with E-state index in [1.54, 1.807) is 0 Å². The van der Waals surface area contributed by atoms with Crippen molar-refractivity contribution in [2.75, 3.05) is 19.6 Å².